The Morgan fingerprint density at radius 1 is 0.743 bits per heavy atom. The molecule has 0 saturated carbocycles. The van der Waals surface area contributed by atoms with Crippen molar-refractivity contribution in [1.82, 2.24) is 13.9 Å². The van der Waals surface area contributed by atoms with E-state index in [1.807, 2.05) is 0 Å². The molecule has 2 aromatic rings. The van der Waals surface area contributed by atoms with E-state index in [9.17, 15) is 41.9 Å². The Balaban J connectivity index is 1.61. The van der Waals surface area contributed by atoms with Crippen LogP contribution in [0, 0.1) is 20.2 Å². The number of benzene rings is 2. The average molecular weight is 526 g/mol. The van der Waals surface area contributed by atoms with Crippen molar-refractivity contribution in [3.05, 3.63) is 68.8 Å². The van der Waals surface area contributed by atoms with E-state index >= 15 is 0 Å². The summed E-state index contributed by atoms with van der Waals surface area (Å²) in [4.78, 5) is 32.8. The predicted molar refractivity (Wildman–Crippen MR) is 119 cm³/mol. The standard InChI is InChI=1S/C19H19N5O9S2/c25-19-17-9-11-22(35(32,33)16-7-3-14(4-8-16)24(28)29)18(20-19)10-12-21(17)34(30,31)15-5-1-13(2-6-15)23(26)27/h1-8,17-18H,9-12H2,(H,20,25)/t17-,18-/m0/s1. The number of amides is 1. The van der Waals surface area contributed by atoms with Crippen LogP contribution in [0.5, 0.6) is 0 Å². The molecule has 2 heterocycles. The predicted octanol–water partition coefficient (Wildman–Crippen LogP) is 0.803. The number of hydrogen-bond acceptors (Lipinski definition) is 9. The highest BCUT2D eigenvalue weighted by atomic mass is 32.2. The van der Waals surface area contributed by atoms with Gasteiger partial charge in [0.05, 0.1) is 25.8 Å². The highest BCUT2D eigenvalue weighted by molar-refractivity contribution is 7.89. The minimum atomic E-state index is -4.21. The Morgan fingerprint density at radius 2 is 1.17 bits per heavy atom. The van der Waals surface area contributed by atoms with Crippen LogP contribution < -0.4 is 5.32 Å². The van der Waals surface area contributed by atoms with Crippen molar-refractivity contribution < 1.29 is 31.5 Å². The van der Waals surface area contributed by atoms with E-state index in [1.54, 1.807) is 0 Å². The zero-order valence-electron chi connectivity index (χ0n) is 17.9. The number of sulfonamides is 2. The van der Waals surface area contributed by atoms with Gasteiger partial charge in [0.2, 0.25) is 26.0 Å². The molecule has 186 valence electrons. The first-order valence-electron chi connectivity index (χ1n) is 10.3. The summed E-state index contributed by atoms with van der Waals surface area (Å²) in [7, 11) is -8.37. The summed E-state index contributed by atoms with van der Waals surface area (Å²) in [5, 5.41) is 24.3. The summed E-state index contributed by atoms with van der Waals surface area (Å²) in [6.45, 7) is -0.362. The summed E-state index contributed by atoms with van der Waals surface area (Å²) in [5.41, 5.74) is -0.569. The van der Waals surface area contributed by atoms with Crippen LogP contribution in [0.25, 0.3) is 0 Å². The molecule has 16 heteroatoms. The molecule has 0 aliphatic carbocycles. The Kier molecular flexibility index (Phi) is 6.31. The fraction of sp³-hybridized carbons (Fsp3) is 0.316. The van der Waals surface area contributed by atoms with Crippen LogP contribution in [0.2, 0.25) is 0 Å². The van der Waals surface area contributed by atoms with Crippen molar-refractivity contribution >= 4 is 37.3 Å². The number of hydrogen-bond donors (Lipinski definition) is 1. The van der Waals surface area contributed by atoms with Crippen molar-refractivity contribution in [2.24, 2.45) is 0 Å². The highest BCUT2D eigenvalue weighted by Gasteiger charge is 2.46. The van der Waals surface area contributed by atoms with Gasteiger partial charge in [-0.3, -0.25) is 25.0 Å². The monoisotopic (exact) mass is 525 g/mol. The molecule has 1 N–H and O–H groups in total. The molecule has 14 nitrogen and oxygen atoms in total. The van der Waals surface area contributed by atoms with E-state index in [-0.39, 0.29) is 47.1 Å². The molecule has 1 amide bonds. The van der Waals surface area contributed by atoms with Crippen LogP contribution in [0.1, 0.15) is 12.8 Å². The second-order valence-corrected chi connectivity index (χ2v) is 11.6. The number of nitrogens with zero attached hydrogens (tertiary/aromatic N) is 4. The molecule has 2 bridgehead atoms. The fourth-order valence-corrected chi connectivity index (χ4v) is 7.31. The second-order valence-electron chi connectivity index (χ2n) is 7.85. The summed E-state index contributed by atoms with van der Waals surface area (Å²) < 4.78 is 55.0. The van der Waals surface area contributed by atoms with Crippen LogP contribution in [0.4, 0.5) is 11.4 Å². The molecular weight excluding hydrogens is 506 g/mol. The highest BCUT2D eigenvalue weighted by Crippen LogP contribution is 2.30. The second kappa shape index (κ2) is 8.95. The molecule has 2 saturated heterocycles. The lowest BCUT2D eigenvalue weighted by Gasteiger charge is -2.32. The molecule has 2 fully saturated rings. The van der Waals surface area contributed by atoms with Gasteiger partial charge in [0, 0.05) is 37.4 Å². The van der Waals surface area contributed by atoms with Gasteiger partial charge in [-0.05, 0) is 37.1 Å². The fourth-order valence-electron chi connectivity index (χ4n) is 4.09. The number of rotatable bonds is 6. The van der Waals surface area contributed by atoms with Crippen LogP contribution >= 0.6 is 0 Å². The van der Waals surface area contributed by atoms with Crippen molar-refractivity contribution in [3.8, 4) is 0 Å². The van der Waals surface area contributed by atoms with Crippen molar-refractivity contribution in [2.45, 2.75) is 34.8 Å². The van der Waals surface area contributed by atoms with E-state index in [4.69, 9.17) is 0 Å². The maximum atomic E-state index is 13.2. The topological polar surface area (TPSA) is 190 Å². The maximum absolute atomic E-state index is 13.2. The third-order valence-electron chi connectivity index (χ3n) is 5.86. The lowest BCUT2D eigenvalue weighted by molar-refractivity contribution is -0.385. The van der Waals surface area contributed by atoms with Gasteiger partial charge >= 0.3 is 0 Å². The molecule has 35 heavy (non-hydrogen) atoms. The van der Waals surface area contributed by atoms with Crippen molar-refractivity contribution in [2.75, 3.05) is 13.1 Å². The van der Waals surface area contributed by atoms with Gasteiger partial charge in [-0.2, -0.15) is 8.61 Å². The number of carbonyl (C=O) groups is 1. The van der Waals surface area contributed by atoms with Crippen LogP contribution in [0.3, 0.4) is 0 Å². The molecule has 0 spiro atoms. The molecule has 2 aromatic carbocycles. The largest absolute Gasteiger partial charge is 0.338 e. The Labute approximate surface area is 199 Å². The van der Waals surface area contributed by atoms with Gasteiger partial charge in [0.15, 0.2) is 0 Å². The number of nitrogens with one attached hydrogen (secondary N) is 1. The molecule has 2 aliphatic heterocycles. The van der Waals surface area contributed by atoms with E-state index in [1.165, 1.54) is 0 Å². The summed E-state index contributed by atoms with van der Waals surface area (Å²) in [5.74, 6) is -0.667. The van der Waals surface area contributed by atoms with Gasteiger partial charge in [0.25, 0.3) is 11.4 Å². The molecule has 0 radical (unpaired) electrons. The Bertz CT molecular complexity index is 1390. The van der Waals surface area contributed by atoms with Gasteiger partial charge in [-0.15, -0.1) is 0 Å². The summed E-state index contributed by atoms with van der Waals surface area (Å²) in [6, 6.07) is 7.40. The number of nitro benzene ring substituents is 2. The van der Waals surface area contributed by atoms with Crippen molar-refractivity contribution in [3.63, 3.8) is 0 Å². The third-order valence-corrected chi connectivity index (χ3v) is 9.71. The van der Waals surface area contributed by atoms with Gasteiger partial charge in [-0.25, -0.2) is 16.8 Å². The zero-order chi connectivity index (χ0) is 25.5. The summed E-state index contributed by atoms with van der Waals surface area (Å²) in [6.07, 6.45) is -1.23. The molecule has 0 aromatic heterocycles. The zero-order valence-corrected chi connectivity index (χ0v) is 19.5. The van der Waals surface area contributed by atoms with Gasteiger partial charge in [0.1, 0.15) is 6.04 Å². The lowest BCUT2D eigenvalue weighted by atomic mass is 10.2. The Morgan fingerprint density at radius 3 is 1.63 bits per heavy atom. The van der Waals surface area contributed by atoms with Gasteiger partial charge < -0.3 is 5.32 Å². The minimum absolute atomic E-state index is 0.0549. The summed E-state index contributed by atoms with van der Waals surface area (Å²) >= 11 is 0. The first-order valence-corrected chi connectivity index (χ1v) is 13.1. The molecule has 2 atom stereocenters. The SMILES string of the molecule is O=C1N[C@@H]2CCN(S(=O)(=O)c3ccc([N+](=O)[O-])cc3)[C@H]1CCN2S(=O)(=O)c1ccc([N+](=O)[O-])cc1. The van der Waals surface area contributed by atoms with Crippen LogP contribution in [-0.2, 0) is 24.8 Å². The van der Waals surface area contributed by atoms with Gasteiger partial charge in [-0.1, -0.05) is 0 Å². The van der Waals surface area contributed by atoms with E-state index < -0.39 is 48.0 Å². The Hall–Kier alpha value is -3.47. The normalized spacial score (nSPS) is 21.7. The molecule has 4 rings (SSSR count). The number of non-ortho nitro benzene ring substituents is 2. The van der Waals surface area contributed by atoms with Crippen LogP contribution in [0.15, 0.2) is 58.3 Å². The van der Waals surface area contributed by atoms with E-state index in [2.05, 4.69) is 5.32 Å². The number of carbonyl (C=O) groups excluding carboxylic acids is 1. The first-order chi connectivity index (χ1) is 16.4. The minimum Gasteiger partial charge on any atom is -0.338 e. The van der Waals surface area contributed by atoms with E-state index in [0.29, 0.717) is 0 Å². The van der Waals surface area contributed by atoms with E-state index in [0.717, 1.165) is 57.1 Å². The quantitative estimate of drug-likeness (QED) is 0.420. The lowest BCUT2D eigenvalue weighted by Crippen LogP contribution is -2.49. The molecular formula is C19H19N5O9S2. The number of nitro groups is 2. The average Bonchev–Trinajstić information content (AvgIpc) is 3.07. The number of fused-ring (bicyclic) bond motifs is 3. The van der Waals surface area contributed by atoms with Crippen LogP contribution in [-0.4, -0.2) is 66.5 Å². The molecule has 0 unspecified atom stereocenters. The van der Waals surface area contributed by atoms with Crippen molar-refractivity contribution in [1.29, 1.82) is 0 Å². The maximum Gasteiger partial charge on any atom is 0.269 e. The molecule has 2 aliphatic rings. The third kappa shape index (κ3) is 4.47. The first kappa shape index (κ1) is 24.6. The smallest absolute Gasteiger partial charge is 0.269 e.